The van der Waals surface area contributed by atoms with Gasteiger partial charge in [-0.25, -0.2) is 0 Å². The lowest BCUT2D eigenvalue weighted by molar-refractivity contribution is 0.0333. The first-order valence-electron chi connectivity index (χ1n) is 10.5. The van der Waals surface area contributed by atoms with Crippen LogP contribution in [0.2, 0.25) is 0 Å². The molecule has 3 aromatic rings. The maximum Gasteiger partial charge on any atom is 0.101 e. The van der Waals surface area contributed by atoms with Crippen molar-refractivity contribution in [2.75, 3.05) is 52.5 Å². The lowest BCUT2D eigenvalue weighted by Gasteiger charge is -2.34. The Morgan fingerprint density at radius 1 is 0.774 bits per heavy atom. The van der Waals surface area contributed by atoms with Crippen LogP contribution in [-0.2, 0) is 24.4 Å². The van der Waals surface area contributed by atoms with E-state index < -0.39 is 0 Å². The highest BCUT2D eigenvalue weighted by Gasteiger charge is 2.21. The number of morpholine rings is 1. The van der Waals surface area contributed by atoms with E-state index >= 15 is 0 Å². The van der Waals surface area contributed by atoms with Crippen LogP contribution in [0.4, 0.5) is 0 Å². The first-order valence-corrected chi connectivity index (χ1v) is 10.5. The van der Waals surface area contributed by atoms with Crippen LogP contribution in [0.3, 0.4) is 0 Å². The van der Waals surface area contributed by atoms with Crippen LogP contribution in [0.25, 0.3) is 10.9 Å². The van der Waals surface area contributed by atoms with E-state index in [4.69, 9.17) is 4.74 Å². The van der Waals surface area contributed by atoms with Gasteiger partial charge in [-0.2, -0.15) is 15.4 Å². The summed E-state index contributed by atoms with van der Waals surface area (Å²) in [6, 6.07) is 8.55. The van der Waals surface area contributed by atoms with E-state index in [0.717, 1.165) is 83.5 Å². The second-order valence-corrected chi connectivity index (χ2v) is 8.02. The van der Waals surface area contributed by atoms with Crippen molar-refractivity contribution in [3.05, 3.63) is 47.4 Å². The first-order chi connectivity index (χ1) is 14.3. The van der Waals surface area contributed by atoms with Gasteiger partial charge in [0.2, 0.25) is 0 Å². The lowest BCUT2D eigenvalue weighted by atomic mass is 10.1. The fourth-order valence-electron chi connectivity index (χ4n) is 4.32. The number of rotatable bonds is 6. The van der Waals surface area contributed by atoms with Crippen molar-refractivity contribution in [1.82, 2.24) is 35.1 Å². The number of para-hydroxylation sites is 1. The van der Waals surface area contributed by atoms with Gasteiger partial charge < -0.3 is 9.72 Å². The van der Waals surface area contributed by atoms with Crippen molar-refractivity contribution in [2.24, 2.45) is 0 Å². The molecule has 2 fully saturated rings. The van der Waals surface area contributed by atoms with Crippen molar-refractivity contribution < 1.29 is 4.74 Å². The molecule has 0 aliphatic carbocycles. The van der Waals surface area contributed by atoms with E-state index in [1.54, 1.807) is 0 Å². The molecule has 5 rings (SSSR count). The second-order valence-electron chi connectivity index (χ2n) is 8.02. The third kappa shape index (κ3) is 5.77. The molecule has 8 nitrogen and oxygen atoms in total. The van der Waals surface area contributed by atoms with E-state index in [0.29, 0.717) is 0 Å². The molecule has 2 saturated heterocycles. The maximum absolute atomic E-state index is 5.44. The van der Waals surface area contributed by atoms with Gasteiger partial charge >= 0.3 is 0 Å². The Bertz CT molecular complexity index is 933. The Morgan fingerprint density at radius 2 is 1.35 bits per heavy atom. The van der Waals surface area contributed by atoms with Crippen LogP contribution in [0, 0.1) is 0 Å². The molecule has 0 radical (unpaired) electrons. The van der Waals surface area contributed by atoms with E-state index in [9.17, 15) is 0 Å². The Balaban J connectivity index is 0.00000136. The maximum atomic E-state index is 5.44. The van der Waals surface area contributed by atoms with Gasteiger partial charge in [-0.15, -0.1) is 24.8 Å². The minimum absolute atomic E-state index is 0. The minimum Gasteiger partial charge on any atom is -0.379 e. The van der Waals surface area contributed by atoms with E-state index in [1.807, 2.05) is 0 Å². The van der Waals surface area contributed by atoms with Crippen molar-refractivity contribution in [1.29, 1.82) is 0 Å². The highest BCUT2D eigenvalue weighted by molar-refractivity contribution is 5.85. The van der Waals surface area contributed by atoms with Gasteiger partial charge in [-0.1, -0.05) is 18.2 Å². The number of hydrogen-bond acceptors (Lipinski definition) is 6. The number of fused-ring (bicyclic) bond motifs is 1. The molecule has 0 bridgehead atoms. The summed E-state index contributed by atoms with van der Waals surface area (Å²) in [4.78, 5) is 10.8. The van der Waals surface area contributed by atoms with Gasteiger partial charge in [0.05, 0.1) is 13.2 Å². The Labute approximate surface area is 195 Å². The molecule has 2 N–H and O–H groups in total. The van der Waals surface area contributed by atoms with Crippen molar-refractivity contribution in [3.63, 3.8) is 0 Å². The zero-order valence-electron chi connectivity index (χ0n) is 17.6. The summed E-state index contributed by atoms with van der Waals surface area (Å²) >= 11 is 0. The molecule has 10 heteroatoms. The van der Waals surface area contributed by atoms with Crippen molar-refractivity contribution >= 4 is 35.7 Å². The van der Waals surface area contributed by atoms with Gasteiger partial charge in [0.15, 0.2) is 0 Å². The van der Waals surface area contributed by atoms with Gasteiger partial charge in [-0.3, -0.25) is 14.7 Å². The summed E-state index contributed by atoms with van der Waals surface area (Å²) in [6.07, 6.45) is 2.16. The SMILES string of the molecule is Cl.Cl.c1ccc2c(CN3CCN(Cc4n[nH]nc4CN4CCOCC4)CC3)c[nH]c2c1. The molecule has 2 aliphatic rings. The topological polar surface area (TPSA) is 76.3 Å². The van der Waals surface area contributed by atoms with E-state index in [-0.39, 0.29) is 24.8 Å². The summed E-state index contributed by atoms with van der Waals surface area (Å²) in [7, 11) is 0. The number of H-pyrrole nitrogens is 2. The number of nitrogens with one attached hydrogen (secondary N) is 2. The van der Waals surface area contributed by atoms with Gasteiger partial charge in [-0.05, 0) is 11.6 Å². The number of ether oxygens (including phenoxy) is 1. The molecule has 0 amide bonds. The van der Waals surface area contributed by atoms with E-state index in [2.05, 4.69) is 65.6 Å². The van der Waals surface area contributed by atoms with Crippen molar-refractivity contribution in [2.45, 2.75) is 19.6 Å². The fourth-order valence-corrected chi connectivity index (χ4v) is 4.32. The van der Waals surface area contributed by atoms with Gasteiger partial charge in [0.25, 0.3) is 0 Å². The predicted molar refractivity (Wildman–Crippen MR) is 126 cm³/mol. The Morgan fingerprint density at radius 3 is 2.03 bits per heavy atom. The average Bonchev–Trinajstić information content (AvgIpc) is 3.37. The Kier molecular flexibility index (Phi) is 8.71. The summed E-state index contributed by atoms with van der Waals surface area (Å²) < 4.78 is 5.44. The van der Waals surface area contributed by atoms with Gasteiger partial charge in [0, 0.05) is 76.0 Å². The highest BCUT2D eigenvalue weighted by atomic mass is 35.5. The predicted octanol–water partition coefficient (Wildman–Crippen LogP) is 2.28. The zero-order chi connectivity index (χ0) is 19.5. The molecule has 31 heavy (non-hydrogen) atoms. The van der Waals surface area contributed by atoms with Crippen LogP contribution < -0.4 is 0 Å². The van der Waals surface area contributed by atoms with Crippen LogP contribution in [0.5, 0.6) is 0 Å². The van der Waals surface area contributed by atoms with Crippen LogP contribution >= 0.6 is 24.8 Å². The smallest absolute Gasteiger partial charge is 0.101 e. The second kappa shape index (κ2) is 11.3. The number of halogens is 2. The number of aromatic amines is 2. The molecule has 2 aromatic heterocycles. The summed E-state index contributed by atoms with van der Waals surface area (Å²) in [5.74, 6) is 0. The standard InChI is InChI=1S/C21H29N7O.2ClH/c1-2-4-19-18(3-1)17(13-22-19)14-26-5-7-27(8-6-26)15-20-21(24-25-23-20)16-28-9-11-29-12-10-28;;/h1-4,13,22H,5-12,14-16H2,(H,23,24,25);2*1H. The highest BCUT2D eigenvalue weighted by Crippen LogP contribution is 2.20. The number of aromatic nitrogens is 4. The molecule has 170 valence electrons. The monoisotopic (exact) mass is 467 g/mol. The molecule has 2 aliphatic heterocycles. The normalized spacial score (nSPS) is 18.6. The third-order valence-electron chi connectivity index (χ3n) is 6.09. The van der Waals surface area contributed by atoms with Gasteiger partial charge in [0.1, 0.15) is 11.4 Å². The van der Waals surface area contributed by atoms with Crippen LogP contribution in [0.15, 0.2) is 30.5 Å². The molecule has 0 unspecified atom stereocenters. The largest absolute Gasteiger partial charge is 0.379 e. The molecule has 0 spiro atoms. The number of hydrogen-bond donors (Lipinski definition) is 2. The first kappa shape index (κ1) is 24.0. The number of nitrogens with zero attached hydrogens (tertiary/aromatic N) is 5. The zero-order valence-corrected chi connectivity index (χ0v) is 19.3. The average molecular weight is 468 g/mol. The summed E-state index contributed by atoms with van der Waals surface area (Å²) in [5.41, 5.74) is 4.77. The molecular weight excluding hydrogens is 437 g/mol. The molecule has 4 heterocycles. The molecular formula is C21H31Cl2N7O. The number of piperazine rings is 1. The van der Waals surface area contributed by atoms with Crippen molar-refractivity contribution in [3.8, 4) is 0 Å². The summed E-state index contributed by atoms with van der Waals surface area (Å²) in [6.45, 7) is 10.6. The quantitative estimate of drug-likeness (QED) is 0.578. The number of benzene rings is 1. The Hall–Kier alpha value is -1.68. The van der Waals surface area contributed by atoms with Crippen LogP contribution in [0.1, 0.15) is 17.0 Å². The summed E-state index contributed by atoms with van der Waals surface area (Å²) in [5, 5.41) is 13.0. The van der Waals surface area contributed by atoms with Crippen LogP contribution in [-0.4, -0.2) is 87.6 Å². The minimum atomic E-state index is 0. The van der Waals surface area contributed by atoms with E-state index in [1.165, 1.54) is 16.5 Å². The molecule has 0 atom stereocenters. The fraction of sp³-hybridized carbons (Fsp3) is 0.524. The third-order valence-corrected chi connectivity index (χ3v) is 6.09. The lowest BCUT2D eigenvalue weighted by Crippen LogP contribution is -2.45. The molecule has 0 saturated carbocycles. The molecule has 1 aromatic carbocycles.